The van der Waals surface area contributed by atoms with Crippen LogP contribution in [0, 0.1) is 5.82 Å². The molecule has 0 aliphatic rings. The number of nitrogens with one attached hydrogen (secondary N) is 1. The molecule has 0 aromatic heterocycles. The first-order chi connectivity index (χ1) is 14.3. The van der Waals surface area contributed by atoms with E-state index in [0.29, 0.717) is 17.9 Å². The molecule has 2 aromatic carbocycles. The van der Waals surface area contributed by atoms with E-state index < -0.39 is 6.04 Å². The number of rotatable bonds is 10. The van der Waals surface area contributed by atoms with Crippen molar-refractivity contribution in [2.45, 2.75) is 65.1 Å². The van der Waals surface area contributed by atoms with Gasteiger partial charge in [-0.3, -0.25) is 9.59 Å². The van der Waals surface area contributed by atoms with Gasteiger partial charge in [-0.15, -0.1) is 0 Å². The smallest absolute Gasteiger partial charge is 0.243 e. The molecule has 2 rings (SSSR count). The molecular weight excluding hydrogens is 403 g/mol. The van der Waals surface area contributed by atoms with E-state index in [-0.39, 0.29) is 36.6 Å². The quantitative estimate of drug-likeness (QED) is 0.565. The summed E-state index contributed by atoms with van der Waals surface area (Å²) in [6.45, 7) is 6.07. The number of nitrogens with zero attached hydrogens (tertiary/aromatic N) is 1. The molecule has 1 N–H and O–H groups in total. The van der Waals surface area contributed by atoms with E-state index in [9.17, 15) is 14.0 Å². The summed E-state index contributed by atoms with van der Waals surface area (Å²) in [6.07, 6.45) is 2.02. The second-order valence-electron chi connectivity index (χ2n) is 7.48. The zero-order valence-electron chi connectivity index (χ0n) is 17.8. The van der Waals surface area contributed by atoms with Crippen molar-refractivity contribution in [3.63, 3.8) is 0 Å². The predicted octanol–water partition coefficient (Wildman–Crippen LogP) is 5.13. The van der Waals surface area contributed by atoms with Gasteiger partial charge in [-0.05, 0) is 55.5 Å². The average Bonchev–Trinajstić information content (AvgIpc) is 2.74. The van der Waals surface area contributed by atoms with Crippen molar-refractivity contribution < 1.29 is 14.0 Å². The Bertz CT molecular complexity index is 841. The van der Waals surface area contributed by atoms with Crippen LogP contribution in [0.3, 0.4) is 0 Å². The SMILES string of the molecule is CC[C@H](C)NC(=O)[C@H](CC)N(Cc1ccc(F)cc1)C(=O)CCc1ccccc1Cl. The third kappa shape index (κ3) is 6.84. The molecule has 0 unspecified atom stereocenters. The molecule has 0 bridgehead atoms. The van der Waals surface area contributed by atoms with Gasteiger partial charge >= 0.3 is 0 Å². The third-order valence-corrected chi connectivity index (χ3v) is 5.59. The van der Waals surface area contributed by atoms with Gasteiger partial charge in [0.25, 0.3) is 0 Å². The van der Waals surface area contributed by atoms with Crippen LogP contribution in [-0.4, -0.2) is 28.8 Å². The molecule has 2 aromatic rings. The lowest BCUT2D eigenvalue weighted by Crippen LogP contribution is -2.50. The van der Waals surface area contributed by atoms with Crippen LogP contribution in [0.4, 0.5) is 4.39 Å². The van der Waals surface area contributed by atoms with Crippen LogP contribution in [0.5, 0.6) is 0 Å². The summed E-state index contributed by atoms with van der Waals surface area (Å²) in [5.41, 5.74) is 1.67. The number of carbonyl (C=O) groups excluding carboxylic acids is 2. The molecule has 6 heteroatoms. The van der Waals surface area contributed by atoms with Gasteiger partial charge in [0.05, 0.1) is 0 Å². The molecule has 0 spiro atoms. The fourth-order valence-electron chi connectivity index (χ4n) is 3.23. The minimum Gasteiger partial charge on any atom is -0.352 e. The summed E-state index contributed by atoms with van der Waals surface area (Å²) in [5, 5.41) is 3.60. The number of aryl methyl sites for hydroxylation is 1. The molecule has 2 atom stereocenters. The van der Waals surface area contributed by atoms with Crippen molar-refractivity contribution in [2.75, 3.05) is 0 Å². The van der Waals surface area contributed by atoms with Gasteiger partial charge in [0, 0.05) is 24.0 Å². The third-order valence-electron chi connectivity index (χ3n) is 5.22. The fourth-order valence-corrected chi connectivity index (χ4v) is 3.46. The Balaban J connectivity index is 2.21. The zero-order valence-corrected chi connectivity index (χ0v) is 18.6. The van der Waals surface area contributed by atoms with Crippen LogP contribution < -0.4 is 5.32 Å². The normalized spacial score (nSPS) is 12.8. The van der Waals surface area contributed by atoms with Crippen molar-refractivity contribution >= 4 is 23.4 Å². The van der Waals surface area contributed by atoms with E-state index in [1.165, 1.54) is 12.1 Å². The number of hydrogen-bond donors (Lipinski definition) is 1. The minimum absolute atomic E-state index is 0.0254. The van der Waals surface area contributed by atoms with Crippen molar-refractivity contribution in [3.8, 4) is 0 Å². The van der Waals surface area contributed by atoms with Crippen LogP contribution in [0.25, 0.3) is 0 Å². The highest BCUT2D eigenvalue weighted by atomic mass is 35.5. The number of benzene rings is 2. The lowest BCUT2D eigenvalue weighted by molar-refractivity contribution is -0.141. The molecule has 0 saturated heterocycles. The summed E-state index contributed by atoms with van der Waals surface area (Å²) in [4.78, 5) is 27.7. The van der Waals surface area contributed by atoms with Crippen molar-refractivity contribution in [3.05, 3.63) is 70.5 Å². The highest BCUT2D eigenvalue weighted by molar-refractivity contribution is 6.31. The molecule has 0 aliphatic carbocycles. The summed E-state index contributed by atoms with van der Waals surface area (Å²) in [6, 6.07) is 12.9. The first-order valence-electron chi connectivity index (χ1n) is 10.4. The monoisotopic (exact) mass is 432 g/mol. The molecule has 0 heterocycles. The van der Waals surface area contributed by atoms with E-state index in [1.807, 2.05) is 39.0 Å². The minimum atomic E-state index is -0.595. The summed E-state index contributed by atoms with van der Waals surface area (Å²) < 4.78 is 13.3. The Labute approximate surface area is 183 Å². The van der Waals surface area contributed by atoms with E-state index in [4.69, 9.17) is 11.6 Å². The van der Waals surface area contributed by atoms with Crippen LogP contribution in [0.15, 0.2) is 48.5 Å². The van der Waals surface area contributed by atoms with Gasteiger partial charge in [-0.2, -0.15) is 0 Å². The maximum absolute atomic E-state index is 13.3. The standard InChI is InChI=1S/C24H30ClFN2O2/c1-4-17(3)27-24(30)22(5-2)28(16-18-10-13-20(26)14-11-18)23(29)15-12-19-8-6-7-9-21(19)25/h6-11,13-14,17,22H,4-5,12,15-16H2,1-3H3,(H,27,30)/t17-,22-/m0/s1. The Kier molecular flexibility index (Phi) is 9.31. The van der Waals surface area contributed by atoms with Gasteiger partial charge in [-0.25, -0.2) is 4.39 Å². The van der Waals surface area contributed by atoms with E-state index in [1.54, 1.807) is 23.1 Å². The number of halogens is 2. The van der Waals surface area contributed by atoms with Crippen LogP contribution in [0.2, 0.25) is 5.02 Å². The van der Waals surface area contributed by atoms with E-state index in [2.05, 4.69) is 5.32 Å². The fraction of sp³-hybridized carbons (Fsp3) is 0.417. The first kappa shape index (κ1) is 23.9. The van der Waals surface area contributed by atoms with Gasteiger partial charge < -0.3 is 10.2 Å². The molecular formula is C24H30ClFN2O2. The first-order valence-corrected chi connectivity index (χ1v) is 10.8. The second kappa shape index (κ2) is 11.7. The van der Waals surface area contributed by atoms with Gasteiger partial charge in [0.1, 0.15) is 11.9 Å². The van der Waals surface area contributed by atoms with E-state index in [0.717, 1.165) is 17.5 Å². The van der Waals surface area contributed by atoms with Crippen LogP contribution in [0.1, 0.15) is 51.2 Å². The maximum atomic E-state index is 13.3. The van der Waals surface area contributed by atoms with Crippen molar-refractivity contribution in [1.29, 1.82) is 0 Å². The highest BCUT2D eigenvalue weighted by Gasteiger charge is 2.29. The van der Waals surface area contributed by atoms with Gasteiger partial charge in [0.2, 0.25) is 11.8 Å². The Morgan fingerprint density at radius 2 is 1.73 bits per heavy atom. The zero-order chi connectivity index (χ0) is 22.1. The molecule has 30 heavy (non-hydrogen) atoms. The largest absolute Gasteiger partial charge is 0.352 e. The van der Waals surface area contributed by atoms with E-state index >= 15 is 0 Å². The lowest BCUT2D eigenvalue weighted by atomic mass is 10.1. The van der Waals surface area contributed by atoms with Gasteiger partial charge in [-0.1, -0.05) is 55.8 Å². The van der Waals surface area contributed by atoms with Gasteiger partial charge in [0.15, 0.2) is 0 Å². The molecule has 0 saturated carbocycles. The average molecular weight is 433 g/mol. The summed E-state index contributed by atoms with van der Waals surface area (Å²) in [5.74, 6) is -0.637. The summed E-state index contributed by atoms with van der Waals surface area (Å²) >= 11 is 6.22. The molecule has 162 valence electrons. The Morgan fingerprint density at radius 3 is 2.33 bits per heavy atom. The predicted molar refractivity (Wildman–Crippen MR) is 119 cm³/mol. The van der Waals surface area contributed by atoms with Crippen LogP contribution in [-0.2, 0) is 22.6 Å². The highest BCUT2D eigenvalue weighted by Crippen LogP contribution is 2.19. The topological polar surface area (TPSA) is 49.4 Å². The number of carbonyl (C=O) groups is 2. The molecule has 2 amide bonds. The van der Waals surface area contributed by atoms with Crippen molar-refractivity contribution in [1.82, 2.24) is 10.2 Å². The molecule has 0 fully saturated rings. The second-order valence-corrected chi connectivity index (χ2v) is 7.89. The molecule has 4 nitrogen and oxygen atoms in total. The van der Waals surface area contributed by atoms with Crippen molar-refractivity contribution in [2.24, 2.45) is 0 Å². The lowest BCUT2D eigenvalue weighted by Gasteiger charge is -2.31. The Hall–Kier alpha value is -2.40. The Morgan fingerprint density at radius 1 is 1.07 bits per heavy atom. The number of hydrogen-bond acceptors (Lipinski definition) is 2. The maximum Gasteiger partial charge on any atom is 0.243 e. The van der Waals surface area contributed by atoms with Crippen LogP contribution >= 0.6 is 11.6 Å². The molecule has 0 radical (unpaired) electrons. The summed E-state index contributed by atoms with van der Waals surface area (Å²) in [7, 11) is 0. The molecule has 0 aliphatic heterocycles. The number of amides is 2.